The molecule has 0 unspecified atom stereocenters. The summed E-state index contributed by atoms with van der Waals surface area (Å²) in [7, 11) is 1.65. The Hall–Kier alpha value is -3.06. The monoisotopic (exact) mass is 449 g/mol. The van der Waals surface area contributed by atoms with Crippen molar-refractivity contribution in [3.05, 3.63) is 59.9 Å². The fourth-order valence-corrected chi connectivity index (χ4v) is 5.16. The van der Waals surface area contributed by atoms with E-state index < -0.39 is 0 Å². The van der Waals surface area contributed by atoms with E-state index in [1.54, 1.807) is 7.11 Å². The molecule has 2 heterocycles. The first-order chi connectivity index (χ1) is 15.6. The molecule has 3 aromatic rings. The summed E-state index contributed by atoms with van der Waals surface area (Å²) in [6.45, 7) is 8.73. The van der Waals surface area contributed by atoms with E-state index in [1.807, 2.05) is 48.5 Å². The second-order valence-corrected chi connectivity index (χ2v) is 10.4. The van der Waals surface area contributed by atoms with Crippen molar-refractivity contribution in [2.45, 2.75) is 70.1 Å². The highest BCUT2D eigenvalue weighted by Gasteiger charge is 2.38. The Labute approximate surface area is 195 Å². The lowest BCUT2D eigenvalue weighted by Gasteiger charge is -2.46. The van der Waals surface area contributed by atoms with Crippen LogP contribution in [0.2, 0.25) is 0 Å². The number of benzene rings is 2. The van der Waals surface area contributed by atoms with Gasteiger partial charge in [-0.25, -0.2) is 9.78 Å². The van der Waals surface area contributed by atoms with Crippen LogP contribution in [-0.2, 0) is 6.42 Å². The summed E-state index contributed by atoms with van der Waals surface area (Å²) in [5, 5.41) is 10.1. The topological polar surface area (TPSA) is 91.1 Å². The standard InChI is InChI=1S/C26H35N5O2/c1-25(2)15-18(16-26(3,4)31-25)27-24(32)30-22(14-17-10-12-19(33-5)13-11-17)23-28-20-8-6-7-9-21(20)29-23/h6-13,18,22,31H,14-16H2,1-5H3,(H,28,29)(H2,27,30,32)/t22-/m1/s1. The SMILES string of the molecule is COc1ccc(C[C@@H](NC(=O)NC2CC(C)(C)NC(C)(C)C2)c2nc3ccccc3[nH]2)cc1. The van der Waals surface area contributed by atoms with Gasteiger partial charge in [0.1, 0.15) is 11.6 Å². The molecular formula is C26H35N5O2. The molecule has 2 amide bonds. The van der Waals surface area contributed by atoms with Crippen molar-refractivity contribution in [3.63, 3.8) is 0 Å². The molecule has 0 aliphatic carbocycles. The summed E-state index contributed by atoms with van der Waals surface area (Å²) >= 11 is 0. The fraction of sp³-hybridized carbons (Fsp3) is 0.462. The summed E-state index contributed by atoms with van der Waals surface area (Å²) in [6.07, 6.45) is 2.36. The number of amides is 2. The van der Waals surface area contributed by atoms with Crippen LogP contribution in [0.4, 0.5) is 4.79 Å². The number of carbonyl (C=O) groups excluding carboxylic acids is 1. The van der Waals surface area contributed by atoms with Gasteiger partial charge >= 0.3 is 6.03 Å². The quantitative estimate of drug-likeness (QED) is 0.447. The number of hydrogen-bond donors (Lipinski definition) is 4. The first kappa shape index (κ1) is 23.1. The second kappa shape index (κ2) is 9.06. The van der Waals surface area contributed by atoms with E-state index in [9.17, 15) is 4.79 Å². The zero-order chi connectivity index (χ0) is 23.6. The molecule has 33 heavy (non-hydrogen) atoms. The number of H-pyrrole nitrogens is 1. The number of aromatic amines is 1. The predicted octanol–water partition coefficient (Wildman–Crippen LogP) is 4.46. The van der Waals surface area contributed by atoms with Crippen molar-refractivity contribution in [1.82, 2.24) is 25.9 Å². The molecule has 0 radical (unpaired) electrons. The van der Waals surface area contributed by atoms with Crippen LogP contribution in [-0.4, -0.2) is 40.2 Å². The van der Waals surface area contributed by atoms with Gasteiger partial charge in [-0.2, -0.15) is 0 Å². The number of nitrogens with zero attached hydrogens (tertiary/aromatic N) is 1. The van der Waals surface area contributed by atoms with Crippen LogP contribution in [0.3, 0.4) is 0 Å². The Bertz CT molecular complexity index is 1050. The summed E-state index contributed by atoms with van der Waals surface area (Å²) in [6, 6.07) is 15.4. The molecule has 0 spiro atoms. The Morgan fingerprint density at radius 2 is 1.76 bits per heavy atom. The number of nitrogens with one attached hydrogen (secondary N) is 4. The maximum absolute atomic E-state index is 13.1. The molecule has 4 rings (SSSR count). The van der Waals surface area contributed by atoms with Crippen molar-refractivity contribution in [3.8, 4) is 5.75 Å². The molecule has 7 heteroatoms. The van der Waals surface area contributed by atoms with Gasteiger partial charge in [0.25, 0.3) is 0 Å². The van der Waals surface area contributed by atoms with E-state index in [4.69, 9.17) is 9.72 Å². The van der Waals surface area contributed by atoms with Crippen molar-refractivity contribution in [2.75, 3.05) is 7.11 Å². The Balaban J connectivity index is 1.53. The summed E-state index contributed by atoms with van der Waals surface area (Å²) in [5.41, 5.74) is 2.85. The number of ether oxygens (including phenoxy) is 1. The predicted molar refractivity (Wildman–Crippen MR) is 132 cm³/mol. The molecule has 1 fully saturated rings. The molecule has 0 bridgehead atoms. The number of imidazole rings is 1. The third-order valence-corrected chi connectivity index (χ3v) is 6.17. The number of rotatable bonds is 6. The first-order valence-corrected chi connectivity index (χ1v) is 11.6. The molecule has 1 saturated heterocycles. The molecule has 7 nitrogen and oxygen atoms in total. The summed E-state index contributed by atoms with van der Waals surface area (Å²) < 4.78 is 5.28. The lowest BCUT2D eigenvalue weighted by Crippen LogP contribution is -2.62. The number of para-hydroxylation sites is 2. The van der Waals surface area contributed by atoms with Crippen molar-refractivity contribution in [2.24, 2.45) is 0 Å². The van der Waals surface area contributed by atoms with Gasteiger partial charge in [-0.05, 0) is 76.8 Å². The average Bonchev–Trinajstić information content (AvgIpc) is 3.15. The number of hydrogen-bond acceptors (Lipinski definition) is 4. The van der Waals surface area contributed by atoms with Gasteiger partial charge in [-0.1, -0.05) is 24.3 Å². The molecule has 4 N–H and O–H groups in total. The van der Waals surface area contributed by atoms with E-state index in [0.717, 1.165) is 41.0 Å². The van der Waals surface area contributed by atoms with Crippen LogP contribution in [0.5, 0.6) is 5.75 Å². The average molecular weight is 450 g/mol. The third kappa shape index (κ3) is 5.85. The number of carbonyl (C=O) groups is 1. The summed E-state index contributed by atoms with van der Waals surface area (Å²) in [5.74, 6) is 1.55. The molecule has 1 aliphatic heterocycles. The van der Waals surface area contributed by atoms with E-state index in [1.165, 1.54) is 0 Å². The zero-order valence-corrected chi connectivity index (χ0v) is 20.2. The fourth-order valence-electron chi connectivity index (χ4n) is 5.16. The van der Waals surface area contributed by atoms with Gasteiger partial charge in [0.15, 0.2) is 0 Å². The van der Waals surface area contributed by atoms with Crippen LogP contribution >= 0.6 is 0 Å². The number of urea groups is 1. The Kier molecular flexibility index (Phi) is 6.34. The number of aromatic nitrogens is 2. The number of fused-ring (bicyclic) bond motifs is 1. The third-order valence-electron chi connectivity index (χ3n) is 6.17. The van der Waals surface area contributed by atoms with E-state index in [2.05, 4.69) is 48.6 Å². The van der Waals surface area contributed by atoms with Crippen LogP contribution in [0, 0.1) is 0 Å². The van der Waals surface area contributed by atoms with Gasteiger partial charge in [0, 0.05) is 17.1 Å². The minimum absolute atomic E-state index is 0.0407. The minimum atomic E-state index is -0.298. The Morgan fingerprint density at radius 3 is 2.39 bits per heavy atom. The minimum Gasteiger partial charge on any atom is -0.497 e. The number of methoxy groups -OCH3 is 1. The van der Waals surface area contributed by atoms with Crippen molar-refractivity contribution < 1.29 is 9.53 Å². The maximum Gasteiger partial charge on any atom is 0.315 e. The molecule has 2 aromatic carbocycles. The van der Waals surface area contributed by atoms with E-state index >= 15 is 0 Å². The first-order valence-electron chi connectivity index (χ1n) is 11.6. The molecule has 1 aliphatic rings. The zero-order valence-electron chi connectivity index (χ0n) is 20.2. The molecule has 1 atom stereocenters. The molecule has 1 aromatic heterocycles. The lowest BCUT2D eigenvalue weighted by molar-refractivity contribution is 0.147. The van der Waals surface area contributed by atoms with Gasteiger partial charge in [-0.15, -0.1) is 0 Å². The largest absolute Gasteiger partial charge is 0.497 e. The molecule has 0 saturated carbocycles. The highest BCUT2D eigenvalue weighted by molar-refractivity contribution is 5.76. The summed E-state index contributed by atoms with van der Waals surface area (Å²) in [4.78, 5) is 21.3. The number of piperidine rings is 1. The smallest absolute Gasteiger partial charge is 0.315 e. The highest BCUT2D eigenvalue weighted by atomic mass is 16.5. The normalized spacial score (nSPS) is 18.6. The molecular weight excluding hydrogens is 414 g/mol. The lowest BCUT2D eigenvalue weighted by atomic mass is 9.80. The van der Waals surface area contributed by atoms with Gasteiger partial charge < -0.3 is 25.7 Å². The van der Waals surface area contributed by atoms with Crippen LogP contribution in [0.15, 0.2) is 48.5 Å². The van der Waals surface area contributed by atoms with Gasteiger partial charge in [0.05, 0.1) is 24.2 Å². The Morgan fingerprint density at radius 1 is 1.09 bits per heavy atom. The van der Waals surface area contributed by atoms with E-state index in [-0.39, 0.29) is 29.2 Å². The molecule has 176 valence electrons. The van der Waals surface area contributed by atoms with Crippen LogP contribution in [0.25, 0.3) is 11.0 Å². The van der Waals surface area contributed by atoms with Crippen molar-refractivity contribution >= 4 is 17.1 Å². The maximum atomic E-state index is 13.1. The van der Waals surface area contributed by atoms with Crippen molar-refractivity contribution in [1.29, 1.82) is 0 Å². The van der Waals surface area contributed by atoms with Crippen LogP contribution in [0.1, 0.15) is 58.0 Å². The highest BCUT2D eigenvalue weighted by Crippen LogP contribution is 2.28. The second-order valence-electron chi connectivity index (χ2n) is 10.4. The van der Waals surface area contributed by atoms with E-state index in [0.29, 0.717) is 6.42 Å². The van der Waals surface area contributed by atoms with Gasteiger partial charge in [-0.3, -0.25) is 0 Å². The van der Waals surface area contributed by atoms with Gasteiger partial charge in [0.2, 0.25) is 0 Å². The van der Waals surface area contributed by atoms with Crippen LogP contribution < -0.4 is 20.7 Å².